The summed E-state index contributed by atoms with van der Waals surface area (Å²) in [4.78, 5) is 27.7. The number of carbonyl (C=O) groups is 2. The average molecular weight is 456 g/mol. The van der Waals surface area contributed by atoms with Crippen molar-refractivity contribution in [3.05, 3.63) is 89.0 Å². The van der Waals surface area contributed by atoms with E-state index in [0.717, 1.165) is 0 Å². The fraction of sp³-hybridized carbons (Fsp3) is 0.115. The second-order valence-corrected chi connectivity index (χ2v) is 7.46. The quantitative estimate of drug-likeness (QED) is 0.339. The number of nitrogens with zero attached hydrogens (tertiary/aromatic N) is 2. The van der Waals surface area contributed by atoms with Crippen LogP contribution in [0.4, 0.5) is 5.69 Å². The molecule has 0 aromatic heterocycles. The highest BCUT2D eigenvalue weighted by Gasteiger charge is 2.47. The fourth-order valence-corrected chi connectivity index (χ4v) is 4.02. The molecule has 3 aromatic carbocycles. The van der Waals surface area contributed by atoms with Gasteiger partial charge in [-0.3, -0.25) is 14.5 Å². The van der Waals surface area contributed by atoms with Crippen molar-refractivity contribution >= 4 is 23.1 Å². The molecule has 4 rings (SSSR count). The molecule has 8 nitrogen and oxygen atoms in total. The number of hydrogen-bond acceptors (Lipinski definition) is 7. The first kappa shape index (κ1) is 22.4. The Morgan fingerprint density at radius 1 is 0.971 bits per heavy atom. The first-order chi connectivity index (χ1) is 16.4. The number of ether oxygens (including phenoxy) is 2. The zero-order valence-electron chi connectivity index (χ0n) is 18.4. The minimum absolute atomic E-state index is 0.0715. The van der Waals surface area contributed by atoms with Gasteiger partial charge in [0.2, 0.25) is 0 Å². The second kappa shape index (κ2) is 9.00. The van der Waals surface area contributed by atoms with Crippen LogP contribution in [0.15, 0.2) is 72.3 Å². The molecule has 1 heterocycles. The Balaban J connectivity index is 2.01. The molecule has 0 saturated carbocycles. The zero-order chi connectivity index (χ0) is 24.4. The van der Waals surface area contributed by atoms with Gasteiger partial charge in [-0.05, 0) is 54.1 Å². The molecule has 1 amide bonds. The van der Waals surface area contributed by atoms with E-state index >= 15 is 0 Å². The number of aromatic hydroxyl groups is 1. The molecule has 8 heteroatoms. The SMILES string of the molecule is COc1cccc(OC)c1/C(O)=C1\C(=O)C(=O)N(c2ccc(C#N)cc2)C1c1cccc(O)c1. The average Bonchev–Trinajstić information content (AvgIpc) is 3.13. The van der Waals surface area contributed by atoms with E-state index in [-0.39, 0.29) is 28.4 Å². The Labute approximate surface area is 195 Å². The molecule has 0 aliphatic carbocycles. The van der Waals surface area contributed by atoms with Gasteiger partial charge in [0.15, 0.2) is 0 Å². The van der Waals surface area contributed by atoms with E-state index in [1.165, 1.54) is 43.4 Å². The van der Waals surface area contributed by atoms with Gasteiger partial charge in [0.1, 0.15) is 28.6 Å². The number of ketones is 1. The number of anilines is 1. The topological polar surface area (TPSA) is 120 Å². The third kappa shape index (κ3) is 3.69. The molecule has 1 aliphatic heterocycles. The molecule has 2 N–H and O–H groups in total. The number of Topliss-reactive ketones (excluding diaryl/α,β-unsaturated/α-hetero) is 1. The lowest BCUT2D eigenvalue weighted by atomic mass is 9.94. The summed E-state index contributed by atoms with van der Waals surface area (Å²) in [5, 5.41) is 30.6. The normalized spacial score (nSPS) is 16.9. The van der Waals surface area contributed by atoms with E-state index in [1.54, 1.807) is 42.5 Å². The molecule has 1 saturated heterocycles. The molecule has 1 atom stereocenters. The number of methoxy groups -OCH3 is 2. The van der Waals surface area contributed by atoms with Gasteiger partial charge in [0, 0.05) is 5.69 Å². The van der Waals surface area contributed by atoms with Gasteiger partial charge in [-0.2, -0.15) is 5.26 Å². The van der Waals surface area contributed by atoms with E-state index in [4.69, 9.17) is 14.7 Å². The summed E-state index contributed by atoms with van der Waals surface area (Å²) >= 11 is 0. The summed E-state index contributed by atoms with van der Waals surface area (Å²) < 4.78 is 10.7. The summed E-state index contributed by atoms with van der Waals surface area (Å²) in [7, 11) is 2.82. The van der Waals surface area contributed by atoms with Crippen LogP contribution in [0, 0.1) is 11.3 Å². The maximum Gasteiger partial charge on any atom is 0.300 e. The minimum Gasteiger partial charge on any atom is -0.508 e. The smallest absolute Gasteiger partial charge is 0.300 e. The highest BCUT2D eigenvalue weighted by Crippen LogP contribution is 2.45. The molecule has 170 valence electrons. The van der Waals surface area contributed by atoms with Crippen molar-refractivity contribution in [2.75, 3.05) is 19.1 Å². The maximum atomic E-state index is 13.3. The third-order valence-electron chi connectivity index (χ3n) is 5.57. The van der Waals surface area contributed by atoms with Crippen LogP contribution in [-0.4, -0.2) is 36.1 Å². The highest BCUT2D eigenvalue weighted by atomic mass is 16.5. The second-order valence-electron chi connectivity index (χ2n) is 7.46. The standard InChI is InChI=1S/C26H20N2O6/c1-33-19-7-4-8-20(34-2)21(19)24(30)22-23(16-5-3-6-18(29)13-16)28(26(32)25(22)31)17-11-9-15(14-27)10-12-17/h3-13,23,29-30H,1-2H3/b24-22+. The molecule has 1 unspecified atom stereocenters. The number of amides is 1. The van der Waals surface area contributed by atoms with E-state index < -0.39 is 23.5 Å². The lowest BCUT2D eigenvalue weighted by Crippen LogP contribution is -2.29. The monoisotopic (exact) mass is 456 g/mol. The van der Waals surface area contributed by atoms with Crippen molar-refractivity contribution in [1.82, 2.24) is 0 Å². The predicted octanol–water partition coefficient (Wildman–Crippen LogP) is 3.91. The third-order valence-corrected chi connectivity index (χ3v) is 5.57. The van der Waals surface area contributed by atoms with Gasteiger partial charge in [0.25, 0.3) is 11.7 Å². The molecular weight excluding hydrogens is 436 g/mol. The summed E-state index contributed by atoms with van der Waals surface area (Å²) in [6.07, 6.45) is 0. The molecule has 0 radical (unpaired) electrons. The number of phenols is 1. The van der Waals surface area contributed by atoms with Crippen LogP contribution >= 0.6 is 0 Å². The minimum atomic E-state index is -1.06. The Bertz CT molecular complexity index is 1330. The number of aliphatic hydroxyl groups is 1. The van der Waals surface area contributed by atoms with Gasteiger partial charge >= 0.3 is 0 Å². The number of carbonyl (C=O) groups excluding carboxylic acids is 2. The number of nitriles is 1. The van der Waals surface area contributed by atoms with Crippen LogP contribution in [0.2, 0.25) is 0 Å². The van der Waals surface area contributed by atoms with E-state index in [1.807, 2.05) is 6.07 Å². The van der Waals surface area contributed by atoms with Crippen molar-refractivity contribution in [1.29, 1.82) is 5.26 Å². The highest BCUT2D eigenvalue weighted by molar-refractivity contribution is 6.51. The summed E-state index contributed by atoms with van der Waals surface area (Å²) in [5.74, 6) is -1.83. The lowest BCUT2D eigenvalue weighted by Gasteiger charge is -2.26. The van der Waals surface area contributed by atoms with Crippen molar-refractivity contribution < 1.29 is 29.3 Å². The molecule has 34 heavy (non-hydrogen) atoms. The van der Waals surface area contributed by atoms with E-state index in [9.17, 15) is 19.8 Å². The van der Waals surface area contributed by atoms with Crippen molar-refractivity contribution in [2.45, 2.75) is 6.04 Å². The Kier molecular flexibility index (Phi) is 5.94. The van der Waals surface area contributed by atoms with Gasteiger partial charge in [-0.15, -0.1) is 0 Å². The Hall–Kier alpha value is -4.77. The van der Waals surface area contributed by atoms with Gasteiger partial charge in [-0.25, -0.2) is 0 Å². The molecule has 3 aromatic rings. The predicted molar refractivity (Wildman–Crippen MR) is 124 cm³/mol. The van der Waals surface area contributed by atoms with Crippen LogP contribution in [-0.2, 0) is 9.59 Å². The lowest BCUT2D eigenvalue weighted by molar-refractivity contribution is -0.132. The maximum absolute atomic E-state index is 13.3. The number of rotatable bonds is 5. The summed E-state index contributed by atoms with van der Waals surface area (Å²) in [6, 6.07) is 18.0. The molecule has 0 bridgehead atoms. The fourth-order valence-electron chi connectivity index (χ4n) is 4.02. The van der Waals surface area contributed by atoms with E-state index in [0.29, 0.717) is 16.8 Å². The summed E-state index contributed by atoms with van der Waals surface area (Å²) in [5.41, 5.74) is 1.06. The Morgan fingerprint density at radius 2 is 1.59 bits per heavy atom. The van der Waals surface area contributed by atoms with Gasteiger partial charge < -0.3 is 19.7 Å². The molecule has 0 spiro atoms. The van der Waals surface area contributed by atoms with Crippen molar-refractivity contribution in [2.24, 2.45) is 0 Å². The zero-order valence-corrected chi connectivity index (χ0v) is 18.4. The van der Waals surface area contributed by atoms with Crippen LogP contribution < -0.4 is 14.4 Å². The van der Waals surface area contributed by atoms with Gasteiger partial charge in [-0.1, -0.05) is 18.2 Å². The van der Waals surface area contributed by atoms with Crippen LogP contribution in [0.25, 0.3) is 5.76 Å². The number of benzene rings is 3. The number of phenolic OH excluding ortho intramolecular Hbond substituents is 1. The van der Waals surface area contributed by atoms with Crippen molar-refractivity contribution in [3.63, 3.8) is 0 Å². The molecule has 1 fully saturated rings. The Morgan fingerprint density at radius 3 is 2.15 bits per heavy atom. The number of aliphatic hydroxyl groups excluding tert-OH is 1. The largest absolute Gasteiger partial charge is 0.508 e. The van der Waals surface area contributed by atoms with Crippen LogP contribution in [0.1, 0.15) is 22.7 Å². The first-order valence-corrected chi connectivity index (χ1v) is 10.2. The molecular formula is C26H20N2O6. The van der Waals surface area contributed by atoms with E-state index in [2.05, 4.69) is 0 Å². The first-order valence-electron chi connectivity index (χ1n) is 10.2. The number of hydrogen-bond donors (Lipinski definition) is 2. The van der Waals surface area contributed by atoms with Gasteiger partial charge in [0.05, 0.1) is 37.5 Å². The molecule has 1 aliphatic rings. The summed E-state index contributed by atoms with van der Waals surface area (Å²) in [6.45, 7) is 0. The van der Waals surface area contributed by atoms with Crippen molar-refractivity contribution in [3.8, 4) is 23.3 Å². The van der Waals surface area contributed by atoms with Crippen LogP contribution in [0.5, 0.6) is 17.2 Å². The van der Waals surface area contributed by atoms with Crippen LogP contribution in [0.3, 0.4) is 0 Å².